The first-order valence-electron chi connectivity index (χ1n) is 1.01. The van der Waals surface area contributed by atoms with Gasteiger partial charge in [0.1, 0.15) is 0 Å². The van der Waals surface area contributed by atoms with Gasteiger partial charge >= 0.3 is 0 Å². The predicted molar refractivity (Wildman–Crippen MR) is 16.9 cm³/mol. The average Bonchev–Trinajstić information content (AvgIpc) is 1.41. The molecule has 2 N–H and O–H groups in total. The molecule has 0 atom stereocenters. The smallest absolute Gasteiger partial charge is 0.291 e. The molecule has 0 amide bonds. The summed E-state index contributed by atoms with van der Waals surface area (Å²) in [5.74, 6) is 0. The normalized spacial score (nSPS) is 4.29. The molecule has 7 heavy (non-hydrogen) atoms. The van der Waals surface area contributed by atoms with Gasteiger partial charge in [-0.2, -0.15) is 0 Å². The van der Waals surface area contributed by atoms with E-state index in [9.17, 15) is 0 Å². The van der Waals surface area contributed by atoms with Crippen LogP contribution in [0.3, 0.4) is 0 Å². The third kappa shape index (κ3) is 1640. The maximum atomic E-state index is 8.36. The molecule has 0 aliphatic carbocycles. The van der Waals surface area contributed by atoms with Gasteiger partial charge in [0.2, 0.25) is 0 Å². The van der Waals surface area contributed by atoms with Crippen molar-refractivity contribution in [3.8, 4) is 0 Å². The minimum Gasteiger partial charge on any atom is -0.400 e. The van der Waals surface area contributed by atoms with Crippen LogP contribution in [0.2, 0.25) is 0 Å². The SMILES string of the molecule is CO.O=[N+]([O-])O.[Y]. The summed E-state index contributed by atoms with van der Waals surface area (Å²) in [6.45, 7) is 0. The molecule has 0 unspecified atom stereocenters. The molecule has 0 heterocycles. The van der Waals surface area contributed by atoms with Crippen LogP contribution in [0.25, 0.3) is 0 Å². The number of nitrogens with zero attached hydrogens (tertiary/aromatic N) is 1. The van der Waals surface area contributed by atoms with Gasteiger partial charge in [-0.1, -0.05) is 0 Å². The molecule has 0 rings (SSSR count). The molecule has 0 aliphatic heterocycles. The Hall–Kier alpha value is 0.264. The zero-order chi connectivity index (χ0) is 5.58. The molecular weight excluding hydrogens is 179 g/mol. The molecule has 0 spiro atoms. The standard InChI is InChI=1S/CH4O.HNO3.Y/c1-2;2-1(3)4;/h2H,1H3;(H,2,3,4);. The van der Waals surface area contributed by atoms with E-state index in [0.717, 1.165) is 7.11 Å². The van der Waals surface area contributed by atoms with Crippen molar-refractivity contribution >= 4 is 0 Å². The molecule has 0 saturated carbocycles. The van der Waals surface area contributed by atoms with Gasteiger partial charge in [-0.3, -0.25) is 0 Å². The monoisotopic (exact) mass is 184 g/mol. The van der Waals surface area contributed by atoms with Crippen LogP contribution >= 0.6 is 0 Å². The largest absolute Gasteiger partial charge is 0.400 e. The summed E-state index contributed by atoms with van der Waals surface area (Å²) >= 11 is 0. The first kappa shape index (κ1) is 15.7. The molecule has 1 radical (unpaired) electrons. The first-order valence-corrected chi connectivity index (χ1v) is 1.01. The molecule has 0 aliphatic rings. The van der Waals surface area contributed by atoms with Gasteiger partial charge < -0.3 is 10.3 Å². The summed E-state index contributed by atoms with van der Waals surface area (Å²) in [5.41, 5.74) is 0. The second-order valence-corrected chi connectivity index (χ2v) is 0.238. The van der Waals surface area contributed by atoms with Crippen molar-refractivity contribution in [2.45, 2.75) is 0 Å². The molecule has 0 aromatic rings. The van der Waals surface area contributed by atoms with Crippen LogP contribution in [0.15, 0.2) is 0 Å². The number of aliphatic hydroxyl groups excluding tert-OH is 1. The third-order valence-electron chi connectivity index (χ3n) is 0. The molecule has 0 aromatic heterocycles. The fraction of sp³-hybridized carbons (Fsp3) is 1.00. The number of hydrogen-bond donors (Lipinski definition) is 2. The van der Waals surface area contributed by atoms with Crippen LogP contribution in [0.5, 0.6) is 0 Å². The van der Waals surface area contributed by atoms with Gasteiger partial charge in [-0.25, -0.2) is 0 Å². The van der Waals surface area contributed by atoms with Crippen LogP contribution < -0.4 is 0 Å². The van der Waals surface area contributed by atoms with Crippen molar-refractivity contribution in [1.82, 2.24) is 0 Å². The zero-order valence-corrected chi connectivity index (χ0v) is 6.57. The summed E-state index contributed by atoms with van der Waals surface area (Å²) in [7, 11) is 1.00. The van der Waals surface area contributed by atoms with E-state index < -0.39 is 5.09 Å². The van der Waals surface area contributed by atoms with Gasteiger partial charge in [-0.15, -0.1) is 10.1 Å². The van der Waals surface area contributed by atoms with Crippen molar-refractivity contribution in [3.63, 3.8) is 0 Å². The molecule has 0 saturated heterocycles. The maximum Gasteiger partial charge on any atom is 0.291 e. The number of rotatable bonds is 0. The Morgan fingerprint density at radius 3 is 1.57 bits per heavy atom. The van der Waals surface area contributed by atoms with Crippen molar-refractivity contribution in [1.29, 1.82) is 0 Å². The Morgan fingerprint density at radius 1 is 1.57 bits per heavy atom. The Bertz CT molecular complexity index is 34.7. The van der Waals surface area contributed by atoms with Crippen LogP contribution in [0.4, 0.5) is 0 Å². The van der Waals surface area contributed by atoms with E-state index in [-0.39, 0.29) is 32.7 Å². The van der Waals surface area contributed by atoms with Gasteiger partial charge in [-0.05, 0) is 0 Å². The first-order chi connectivity index (χ1) is 2.73. The Balaban J connectivity index is -0.0000000480. The zero-order valence-electron chi connectivity index (χ0n) is 3.74. The fourth-order valence-electron chi connectivity index (χ4n) is 0. The second-order valence-electron chi connectivity index (χ2n) is 0.238. The van der Waals surface area contributed by atoms with Gasteiger partial charge in [0.15, 0.2) is 0 Å². The molecular formula is CH5NO4Y. The molecule has 0 bridgehead atoms. The minimum atomic E-state index is -1.50. The van der Waals surface area contributed by atoms with Gasteiger partial charge in [0.25, 0.3) is 5.09 Å². The van der Waals surface area contributed by atoms with E-state index in [1.165, 1.54) is 0 Å². The van der Waals surface area contributed by atoms with Crippen molar-refractivity contribution in [3.05, 3.63) is 10.1 Å². The van der Waals surface area contributed by atoms with E-state index in [0.29, 0.717) is 0 Å². The second kappa shape index (κ2) is 16.3. The van der Waals surface area contributed by atoms with Gasteiger partial charge in [0, 0.05) is 39.8 Å². The summed E-state index contributed by atoms with van der Waals surface area (Å²) in [4.78, 5) is 8.36. The van der Waals surface area contributed by atoms with E-state index in [4.69, 9.17) is 20.4 Å². The maximum absolute atomic E-state index is 8.36. The topological polar surface area (TPSA) is 83.6 Å². The van der Waals surface area contributed by atoms with E-state index in [1.54, 1.807) is 0 Å². The van der Waals surface area contributed by atoms with Crippen LogP contribution in [0.1, 0.15) is 0 Å². The predicted octanol–water partition coefficient (Wildman–Crippen LogP) is -0.742. The Kier molecular flexibility index (Phi) is 36.5. The summed E-state index contributed by atoms with van der Waals surface area (Å²) < 4.78 is 0. The van der Waals surface area contributed by atoms with Gasteiger partial charge in [0.05, 0.1) is 0 Å². The third-order valence-corrected chi connectivity index (χ3v) is 0. The van der Waals surface area contributed by atoms with Crippen molar-refractivity contribution < 1.29 is 48.1 Å². The Morgan fingerprint density at radius 2 is 1.57 bits per heavy atom. The molecule has 41 valence electrons. The molecule has 6 heteroatoms. The summed E-state index contributed by atoms with van der Waals surface area (Å²) in [6.07, 6.45) is 0. The summed E-state index contributed by atoms with van der Waals surface area (Å²) in [6, 6.07) is 0. The van der Waals surface area contributed by atoms with Crippen LogP contribution in [-0.4, -0.2) is 22.5 Å². The van der Waals surface area contributed by atoms with E-state index in [1.807, 2.05) is 0 Å². The number of hydrogen-bond acceptors (Lipinski definition) is 3. The minimum absolute atomic E-state index is 0. The van der Waals surface area contributed by atoms with Crippen LogP contribution in [0, 0.1) is 10.1 Å². The molecule has 5 nitrogen and oxygen atoms in total. The van der Waals surface area contributed by atoms with Crippen molar-refractivity contribution in [2.75, 3.05) is 7.11 Å². The average molecular weight is 184 g/mol. The fourth-order valence-corrected chi connectivity index (χ4v) is 0. The Labute approximate surface area is 65.3 Å². The van der Waals surface area contributed by atoms with Crippen molar-refractivity contribution in [2.24, 2.45) is 0 Å². The quantitative estimate of drug-likeness (QED) is 0.383. The van der Waals surface area contributed by atoms with E-state index >= 15 is 0 Å². The molecule has 0 fully saturated rings. The number of aliphatic hydroxyl groups is 1. The van der Waals surface area contributed by atoms with E-state index in [2.05, 4.69) is 0 Å². The van der Waals surface area contributed by atoms with Crippen LogP contribution in [-0.2, 0) is 32.7 Å². The summed E-state index contributed by atoms with van der Waals surface area (Å²) in [5, 5.41) is 20.6. The molecule has 0 aromatic carbocycles.